The van der Waals surface area contributed by atoms with Crippen LogP contribution < -0.4 is 0 Å². The molecule has 0 aliphatic rings. The van der Waals surface area contributed by atoms with Gasteiger partial charge in [0.25, 0.3) is 0 Å². The predicted octanol–water partition coefficient (Wildman–Crippen LogP) is 3.72. The Morgan fingerprint density at radius 2 is 2.07 bits per heavy atom. The van der Waals surface area contributed by atoms with Gasteiger partial charge in [-0.05, 0) is 33.4 Å². The summed E-state index contributed by atoms with van der Waals surface area (Å²) in [5, 5.41) is 14.0. The third kappa shape index (κ3) is 3.41. The fourth-order valence-electron chi connectivity index (χ4n) is 1.43. The summed E-state index contributed by atoms with van der Waals surface area (Å²) in [6, 6.07) is 6.16. The molecule has 2 heterocycles. The fourth-order valence-corrected chi connectivity index (χ4v) is 3.73. The Hall–Kier alpha value is -0.160. The molecule has 0 radical (unpaired) electrons. The Kier molecular flexibility index (Phi) is 3.97. The normalized spacial score (nSPS) is 12.9. The van der Waals surface area contributed by atoms with Gasteiger partial charge in [0.15, 0.2) is 0 Å². The van der Waals surface area contributed by atoms with Crippen molar-refractivity contribution in [3.8, 4) is 0 Å². The summed E-state index contributed by atoms with van der Waals surface area (Å²) in [5.41, 5.74) is 0. The maximum atomic E-state index is 9.88. The summed E-state index contributed by atoms with van der Waals surface area (Å²) in [5.74, 6) is 0. The number of halogens is 1. The van der Waals surface area contributed by atoms with Crippen LogP contribution in [0.25, 0.3) is 0 Å². The summed E-state index contributed by atoms with van der Waals surface area (Å²) >= 11 is 6.80. The summed E-state index contributed by atoms with van der Waals surface area (Å²) in [4.78, 5) is 2.48. The zero-order valence-corrected chi connectivity index (χ0v) is 11.2. The highest BCUT2D eigenvalue weighted by Crippen LogP contribution is 2.22. The molecule has 1 atom stereocenters. The van der Waals surface area contributed by atoms with E-state index in [0.29, 0.717) is 0 Å². The Labute approximate surface area is 106 Å². The molecule has 2 rings (SSSR count). The molecule has 0 aliphatic carbocycles. The lowest BCUT2D eigenvalue weighted by molar-refractivity contribution is 0.177. The van der Waals surface area contributed by atoms with E-state index in [1.165, 1.54) is 9.75 Å². The van der Waals surface area contributed by atoms with Crippen molar-refractivity contribution < 1.29 is 5.11 Å². The first kappa shape index (κ1) is 11.3. The monoisotopic (exact) mass is 302 g/mol. The van der Waals surface area contributed by atoms with Crippen LogP contribution in [-0.2, 0) is 12.8 Å². The van der Waals surface area contributed by atoms with Crippen molar-refractivity contribution in [3.63, 3.8) is 0 Å². The van der Waals surface area contributed by atoms with Crippen LogP contribution >= 0.6 is 38.6 Å². The van der Waals surface area contributed by atoms with Gasteiger partial charge >= 0.3 is 0 Å². The van der Waals surface area contributed by atoms with Crippen molar-refractivity contribution in [2.75, 3.05) is 0 Å². The quantitative estimate of drug-likeness (QED) is 0.913. The molecule has 0 spiro atoms. The standard InChI is InChI=1S/C11H11BrOS2/c12-8-4-11(15-7-8)6-9(13)5-10-2-1-3-14-10/h1-4,7,9,13H,5-6H2. The van der Waals surface area contributed by atoms with E-state index < -0.39 is 0 Å². The van der Waals surface area contributed by atoms with Crippen LogP contribution in [0.5, 0.6) is 0 Å². The molecule has 4 heteroatoms. The van der Waals surface area contributed by atoms with E-state index >= 15 is 0 Å². The average Bonchev–Trinajstić information content (AvgIpc) is 2.77. The van der Waals surface area contributed by atoms with Gasteiger partial charge in [0, 0.05) is 32.4 Å². The molecule has 15 heavy (non-hydrogen) atoms. The third-order valence-corrected chi connectivity index (χ3v) is 4.69. The Bertz CT molecular complexity index is 408. The molecule has 0 bridgehead atoms. The summed E-state index contributed by atoms with van der Waals surface area (Å²) in [6.07, 6.45) is 1.23. The van der Waals surface area contributed by atoms with Gasteiger partial charge in [0.05, 0.1) is 6.10 Å². The second-order valence-corrected chi connectivity index (χ2v) is 6.32. The van der Waals surface area contributed by atoms with Gasteiger partial charge < -0.3 is 5.11 Å². The van der Waals surface area contributed by atoms with E-state index in [-0.39, 0.29) is 6.10 Å². The molecular weight excluding hydrogens is 292 g/mol. The van der Waals surface area contributed by atoms with Crippen molar-refractivity contribution in [2.24, 2.45) is 0 Å². The van der Waals surface area contributed by atoms with Crippen molar-refractivity contribution in [2.45, 2.75) is 18.9 Å². The highest BCUT2D eigenvalue weighted by atomic mass is 79.9. The van der Waals surface area contributed by atoms with Gasteiger partial charge in [-0.2, -0.15) is 0 Å². The lowest BCUT2D eigenvalue weighted by atomic mass is 10.1. The number of thiophene rings is 2. The van der Waals surface area contributed by atoms with Crippen LogP contribution in [0, 0.1) is 0 Å². The van der Waals surface area contributed by atoms with E-state index in [1.807, 2.05) is 16.8 Å². The van der Waals surface area contributed by atoms with Gasteiger partial charge in [0.2, 0.25) is 0 Å². The Balaban J connectivity index is 1.90. The van der Waals surface area contributed by atoms with E-state index in [0.717, 1.165) is 17.3 Å². The summed E-state index contributed by atoms with van der Waals surface area (Å²) in [7, 11) is 0. The molecule has 1 nitrogen and oxygen atoms in total. The van der Waals surface area contributed by atoms with E-state index in [1.54, 1.807) is 22.7 Å². The van der Waals surface area contributed by atoms with Crippen LogP contribution in [0.15, 0.2) is 33.4 Å². The van der Waals surface area contributed by atoms with Gasteiger partial charge in [0.1, 0.15) is 0 Å². The zero-order chi connectivity index (χ0) is 10.7. The minimum atomic E-state index is -0.269. The van der Waals surface area contributed by atoms with Gasteiger partial charge in [-0.25, -0.2) is 0 Å². The maximum absolute atomic E-state index is 9.88. The molecule has 0 fully saturated rings. The third-order valence-electron chi connectivity index (χ3n) is 2.08. The van der Waals surface area contributed by atoms with Gasteiger partial charge in [-0.15, -0.1) is 22.7 Å². The molecule has 0 saturated heterocycles. The van der Waals surface area contributed by atoms with Crippen molar-refractivity contribution >= 4 is 38.6 Å². The number of aliphatic hydroxyl groups is 1. The van der Waals surface area contributed by atoms with Crippen LogP contribution in [-0.4, -0.2) is 11.2 Å². The maximum Gasteiger partial charge on any atom is 0.0636 e. The SMILES string of the molecule is OC(Cc1cccs1)Cc1cc(Br)cs1. The van der Waals surface area contributed by atoms with Crippen LogP contribution in [0.2, 0.25) is 0 Å². The highest BCUT2D eigenvalue weighted by Gasteiger charge is 2.08. The van der Waals surface area contributed by atoms with Crippen molar-refractivity contribution in [1.82, 2.24) is 0 Å². The molecule has 2 aromatic heterocycles. The van der Waals surface area contributed by atoms with Crippen LogP contribution in [0.4, 0.5) is 0 Å². The zero-order valence-electron chi connectivity index (χ0n) is 8.02. The van der Waals surface area contributed by atoms with Gasteiger partial charge in [-0.3, -0.25) is 0 Å². The molecule has 0 saturated carbocycles. The van der Waals surface area contributed by atoms with Crippen LogP contribution in [0.3, 0.4) is 0 Å². The van der Waals surface area contributed by atoms with E-state index in [2.05, 4.69) is 28.1 Å². The molecule has 0 aliphatic heterocycles. The smallest absolute Gasteiger partial charge is 0.0636 e. The number of hydrogen-bond donors (Lipinski definition) is 1. The fraction of sp³-hybridized carbons (Fsp3) is 0.273. The Morgan fingerprint density at radius 3 is 2.67 bits per heavy atom. The molecule has 1 unspecified atom stereocenters. The number of aliphatic hydroxyl groups excluding tert-OH is 1. The minimum absolute atomic E-state index is 0.269. The number of hydrogen-bond acceptors (Lipinski definition) is 3. The lowest BCUT2D eigenvalue weighted by Crippen LogP contribution is -2.12. The second-order valence-electron chi connectivity index (χ2n) is 3.37. The predicted molar refractivity (Wildman–Crippen MR) is 69.8 cm³/mol. The van der Waals surface area contributed by atoms with E-state index in [4.69, 9.17) is 0 Å². The molecule has 0 amide bonds. The Morgan fingerprint density at radius 1 is 1.27 bits per heavy atom. The van der Waals surface area contributed by atoms with Gasteiger partial charge in [-0.1, -0.05) is 6.07 Å². The van der Waals surface area contributed by atoms with Crippen LogP contribution in [0.1, 0.15) is 9.75 Å². The molecule has 80 valence electrons. The first-order valence-electron chi connectivity index (χ1n) is 4.67. The molecule has 1 N–H and O–H groups in total. The van der Waals surface area contributed by atoms with Crippen molar-refractivity contribution in [3.05, 3.63) is 43.2 Å². The molecular formula is C11H11BrOS2. The first-order chi connectivity index (χ1) is 7.24. The highest BCUT2D eigenvalue weighted by molar-refractivity contribution is 9.10. The van der Waals surface area contributed by atoms with E-state index in [9.17, 15) is 5.11 Å². The minimum Gasteiger partial charge on any atom is -0.392 e. The average molecular weight is 303 g/mol. The molecule has 0 aromatic carbocycles. The summed E-state index contributed by atoms with van der Waals surface area (Å²) in [6.45, 7) is 0. The lowest BCUT2D eigenvalue weighted by Gasteiger charge is -2.06. The second kappa shape index (κ2) is 5.25. The number of rotatable bonds is 4. The first-order valence-corrected chi connectivity index (χ1v) is 7.22. The largest absolute Gasteiger partial charge is 0.392 e. The summed E-state index contributed by atoms with van der Waals surface area (Å²) < 4.78 is 1.10. The molecule has 2 aromatic rings. The topological polar surface area (TPSA) is 20.2 Å². The van der Waals surface area contributed by atoms with Crippen molar-refractivity contribution in [1.29, 1.82) is 0 Å².